The summed E-state index contributed by atoms with van der Waals surface area (Å²) in [7, 11) is -1.23. The second kappa shape index (κ2) is 9.19. The Morgan fingerprint density at radius 1 is 1.25 bits per heavy atom. The summed E-state index contributed by atoms with van der Waals surface area (Å²) in [5.41, 5.74) is -0.845. The van der Waals surface area contributed by atoms with Gasteiger partial charge in [-0.25, -0.2) is 31.5 Å². The number of hydrogen-bond donors (Lipinski definition) is 1. The summed E-state index contributed by atoms with van der Waals surface area (Å²) in [6.07, 6.45) is -2.71. The largest absolute Gasteiger partial charge is 0.479 e. The number of aromatic nitrogens is 5. The molecule has 0 aliphatic carbocycles. The Bertz CT molecular complexity index is 1540. The van der Waals surface area contributed by atoms with Crippen LogP contribution in [0.15, 0.2) is 18.3 Å². The number of likely N-dealkylation sites (tertiary alicyclic amines) is 1. The smallest absolute Gasteiger partial charge is 0.256 e. The van der Waals surface area contributed by atoms with Crippen molar-refractivity contribution in [1.29, 1.82) is 0 Å². The molecule has 1 aliphatic heterocycles. The molecule has 36 heavy (non-hydrogen) atoms. The van der Waals surface area contributed by atoms with Crippen molar-refractivity contribution in [2.45, 2.75) is 38.5 Å². The highest BCUT2D eigenvalue weighted by Gasteiger charge is 2.29. The van der Waals surface area contributed by atoms with Crippen molar-refractivity contribution in [2.75, 3.05) is 32.5 Å². The number of alkyl halides is 3. The minimum absolute atomic E-state index is 0.00435. The Morgan fingerprint density at radius 2 is 2.06 bits per heavy atom. The van der Waals surface area contributed by atoms with Crippen molar-refractivity contribution >= 4 is 22.5 Å². The van der Waals surface area contributed by atoms with Crippen molar-refractivity contribution in [3.8, 4) is 17.0 Å². The number of nitrogens with zero attached hydrogens (tertiary/aromatic N) is 6. The third-order valence-corrected chi connectivity index (χ3v) is 6.32. The van der Waals surface area contributed by atoms with Gasteiger partial charge in [0.25, 0.3) is 6.43 Å². The molecule has 0 amide bonds. The summed E-state index contributed by atoms with van der Waals surface area (Å²) >= 11 is 0. The summed E-state index contributed by atoms with van der Waals surface area (Å²) in [6, 6.07) is 1.54. The molecule has 0 radical (unpaired) electrons. The van der Waals surface area contributed by atoms with Gasteiger partial charge in [0.05, 0.1) is 41.0 Å². The molecule has 5 rings (SSSR count). The maximum Gasteiger partial charge on any atom is 0.256 e. The first kappa shape index (κ1) is 20.7. The van der Waals surface area contributed by atoms with E-state index in [9.17, 15) is 13.2 Å². The standard InChI is InChI=1S/C23H24F5N7O/c1-11-29-20-13(24)6-12(7-17(20)34(11)10-18(27)28)19-15(26)9-35-21(19)22(36-3)31-23(32-35)30-16-4-5-33(2)8-14(16)25/h6-7,9,14,16,18H,4-5,8,10H2,1-3H3,(H,30,32)/t14-,16+/m1/s1/i3D3. The predicted octanol–water partition coefficient (Wildman–Crippen LogP) is 4.06. The van der Waals surface area contributed by atoms with Crippen LogP contribution in [-0.2, 0) is 6.54 Å². The van der Waals surface area contributed by atoms with Gasteiger partial charge in [-0.1, -0.05) is 0 Å². The van der Waals surface area contributed by atoms with E-state index in [-0.39, 0.29) is 46.0 Å². The summed E-state index contributed by atoms with van der Waals surface area (Å²) in [6.45, 7) is 1.43. The third-order valence-electron chi connectivity index (χ3n) is 6.32. The number of piperidine rings is 1. The summed E-state index contributed by atoms with van der Waals surface area (Å²) in [4.78, 5) is 9.92. The van der Waals surface area contributed by atoms with E-state index in [1.807, 2.05) is 4.90 Å². The van der Waals surface area contributed by atoms with Gasteiger partial charge in [-0.2, -0.15) is 4.98 Å². The Morgan fingerprint density at radius 3 is 2.78 bits per heavy atom. The van der Waals surface area contributed by atoms with Crippen molar-refractivity contribution in [3.63, 3.8) is 0 Å². The molecule has 0 saturated carbocycles. The van der Waals surface area contributed by atoms with Gasteiger partial charge in [0.15, 0.2) is 11.6 Å². The lowest BCUT2D eigenvalue weighted by Crippen LogP contribution is -2.46. The number of anilines is 1. The zero-order chi connectivity index (χ0) is 28.2. The second-order valence-electron chi connectivity index (χ2n) is 8.79. The number of ether oxygens (including phenoxy) is 1. The molecule has 4 heterocycles. The lowest BCUT2D eigenvalue weighted by Gasteiger charge is -2.32. The molecule has 13 heteroatoms. The molecule has 4 aromatic rings. The van der Waals surface area contributed by atoms with Crippen LogP contribution in [0.4, 0.5) is 27.9 Å². The quantitative estimate of drug-likeness (QED) is 0.393. The van der Waals surface area contributed by atoms with Gasteiger partial charge in [0.1, 0.15) is 23.0 Å². The van der Waals surface area contributed by atoms with Crippen LogP contribution in [-0.4, -0.2) is 74.9 Å². The van der Waals surface area contributed by atoms with Gasteiger partial charge in [-0.3, -0.25) is 0 Å². The van der Waals surface area contributed by atoms with Crippen molar-refractivity contribution < 1.29 is 30.8 Å². The number of nitrogens with one attached hydrogen (secondary N) is 1. The number of halogens is 5. The van der Waals surface area contributed by atoms with E-state index in [0.29, 0.717) is 13.0 Å². The maximum atomic E-state index is 15.4. The topological polar surface area (TPSA) is 72.5 Å². The van der Waals surface area contributed by atoms with Crippen LogP contribution in [0.25, 0.3) is 27.7 Å². The molecule has 3 aromatic heterocycles. The molecule has 8 nitrogen and oxygen atoms in total. The number of hydrogen-bond acceptors (Lipinski definition) is 6. The SMILES string of the molecule is [2H]C([2H])([2H])Oc1nc(N[C@H]2CCN(C)C[C@H]2F)nn2cc(F)c(-c3cc(F)c4nc(C)n(CC(F)F)c4c3)c12. The molecule has 2 atom stereocenters. The van der Waals surface area contributed by atoms with Gasteiger partial charge in [-0.15, -0.1) is 5.10 Å². The molecule has 0 unspecified atom stereocenters. The fourth-order valence-corrected chi connectivity index (χ4v) is 4.62. The Hall–Kier alpha value is -3.48. The van der Waals surface area contributed by atoms with E-state index in [2.05, 4.69) is 20.4 Å². The first-order chi connectivity index (χ1) is 18.3. The van der Waals surface area contributed by atoms with Crippen LogP contribution in [0.5, 0.6) is 5.88 Å². The highest BCUT2D eigenvalue weighted by atomic mass is 19.3. The van der Waals surface area contributed by atoms with E-state index < -0.39 is 49.7 Å². The zero-order valence-electron chi connectivity index (χ0n) is 22.3. The highest BCUT2D eigenvalue weighted by Crippen LogP contribution is 2.36. The minimum atomic E-state index is -3.01. The van der Waals surface area contributed by atoms with Gasteiger partial charge < -0.3 is 19.5 Å². The van der Waals surface area contributed by atoms with Crippen LogP contribution in [0.3, 0.4) is 0 Å². The molecule has 1 N–H and O–H groups in total. The van der Waals surface area contributed by atoms with Gasteiger partial charge in [-0.05, 0) is 38.1 Å². The van der Waals surface area contributed by atoms with Gasteiger partial charge >= 0.3 is 0 Å². The summed E-state index contributed by atoms with van der Waals surface area (Å²) in [5, 5.41) is 6.99. The number of imidazole rings is 1. The third kappa shape index (κ3) is 4.21. The van der Waals surface area contributed by atoms with E-state index in [1.165, 1.54) is 13.0 Å². The fraction of sp³-hybridized carbons (Fsp3) is 0.435. The van der Waals surface area contributed by atoms with Gasteiger partial charge in [0, 0.05) is 13.1 Å². The zero-order valence-corrected chi connectivity index (χ0v) is 19.3. The summed E-state index contributed by atoms with van der Waals surface area (Å²) in [5.74, 6) is -2.46. The van der Waals surface area contributed by atoms with Gasteiger partial charge in [0.2, 0.25) is 11.8 Å². The molecular formula is C23H24F5N7O. The predicted molar refractivity (Wildman–Crippen MR) is 123 cm³/mol. The first-order valence-electron chi connectivity index (χ1n) is 12.6. The minimum Gasteiger partial charge on any atom is -0.479 e. The Labute approximate surface area is 206 Å². The average Bonchev–Trinajstić information content (AvgIpc) is 3.31. The summed E-state index contributed by atoms with van der Waals surface area (Å²) < 4.78 is 101. The molecule has 1 aromatic carbocycles. The first-order valence-corrected chi connectivity index (χ1v) is 11.1. The van der Waals surface area contributed by atoms with Crippen LogP contribution < -0.4 is 10.1 Å². The van der Waals surface area contributed by atoms with Crippen LogP contribution in [0.1, 0.15) is 16.4 Å². The molecule has 1 aliphatic rings. The molecular weight excluding hydrogens is 485 g/mol. The number of methoxy groups -OCH3 is 1. The molecule has 0 spiro atoms. The highest BCUT2D eigenvalue weighted by molar-refractivity contribution is 5.90. The van der Waals surface area contributed by atoms with E-state index >= 15 is 8.78 Å². The monoisotopic (exact) mass is 512 g/mol. The second-order valence-corrected chi connectivity index (χ2v) is 8.79. The van der Waals surface area contributed by atoms with Crippen LogP contribution in [0, 0.1) is 18.6 Å². The van der Waals surface area contributed by atoms with Crippen molar-refractivity contribution in [2.24, 2.45) is 0 Å². The number of benzene rings is 1. The fourth-order valence-electron chi connectivity index (χ4n) is 4.62. The number of rotatable bonds is 6. The van der Waals surface area contributed by atoms with Crippen LogP contribution in [0.2, 0.25) is 0 Å². The maximum absolute atomic E-state index is 15.4. The molecule has 1 saturated heterocycles. The molecule has 192 valence electrons. The Balaban J connectivity index is 1.66. The lowest BCUT2D eigenvalue weighted by molar-refractivity contribution is 0.127. The van der Waals surface area contributed by atoms with Crippen molar-refractivity contribution in [3.05, 3.63) is 35.8 Å². The molecule has 1 fully saturated rings. The normalized spacial score (nSPS) is 20.6. The lowest BCUT2D eigenvalue weighted by atomic mass is 10.0. The van der Waals surface area contributed by atoms with E-state index in [4.69, 9.17) is 8.85 Å². The van der Waals surface area contributed by atoms with E-state index in [1.54, 1.807) is 7.05 Å². The van der Waals surface area contributed by atoms with E-state index in [0.717, 1.165) is 21.3 Å². The van der Waals surface area contributed by atoms with Crippen molar-refractivity contribution in [1.82, 2.24) is 29.0 Å². The Kier molecular flexibility index (Phi) is 5.28. The number of fused-ring (bicyclic) bond motifs is 2. The average molecular weight is 513 g/mol. The number of aryl methyl sites for hydroxylation is 1. The van der Waals surface area contributed by atoms with Crippen LogP contribution >= 0.6 is 0 Å². The molecule has 0 bridgehead atoms.